The van der Waals surface area contributed by atoms with Crippen molar-refractivity contribution in [3.8, 4) is 16.9 Å². The number of benzene rings is 3. The third kappa shape index (κ3) is 3.52. The van der Waals surface area contributed by atoms with Crippen LogP contribution >= 0.6 is 0 Å². The summed E-state index contributed by atoms with van der Waals surface area (Å²) in [6.45, 7) is 0. The predicted octanol–water partition coefficient (Wildman–Crippen LogP) is 6.27. The number of amides is 1. The molecule has 0 unspecified atom stereocenters. The van der Waals surface area contributed by atoms with E-state index in [-0.39, 0.29) is 11.3 Å². The molecule has 33 heavy (non-hydrogen) atoms. The predicted molar refractivity (Wildman–Crippen MR) is 130 cm³/mol. The molecule has 7 rings (SSSR count). The molecule has 0 radical (unpaired) electrons. The van der Waals surface area contributed by atoms with Crippen molar-refractivity contribution in [2.24, 2.45) is 17.8 Å². The Balaban J connectivity index is 1.38. The van der Waals surface area contributed by atoms with E-state index in [0.717, 1.165) is 34.3 Å². The minimum absolute atomic E-state index is 0.237. The molecule has 1 amide bonds. The highest BCUT2D eigenvalue weighted by molar-refractivity contribution is 5.98. The quantitative estimate of drug-likeness (QED) is 0.475. The number of hydrogen-bond acceptors (Lipinski definition) is 3. The van der Waals surface area contributed by atoms with Crippen molar-refractivity contribution < 1.29 is 14.4 Å². The van der Waals surface area contributed by atoms with E-state index >= 15 is 0 Å². The molecule has 4 fully saturated rings. The lowest BCUT2D eigenvalue weighted by Crippen LogP contribution is -2.48. The molecule has 0 spiro atoms. The zero-order chi connectivity index (χ0) is 22.6. The van der Waals surface area contributed by atoms with Crippen molar-refractivity contribution >= 4 is 16.7 Å². The fraction of sp³-hybridized carbons (Fsp3) is 0.414. The van der Waals surface area contributed by atoms with Gasteiger partial charge in [0.2, 0.25) is 0 Å². The lowest BCUT2D eigenvalue weighted by molar-refractivity contribution is -0.00613. The highest BCUT2D eigenvalue weighted by Gasteiger charge is 2.52. The zero-order valence-electron chi connectivity index (χ0n) is 19.4. The Hall–Kier alpha value is -2.85. The van der Waals surface area contributed by atoms with Crippen molar-refractivity contribution in [1.29, 1.82) is 0 Å². The second kappa shape index (κ2) is 7.88. The fourth-order valence-electron chi connectivity index (χ4n) is 7.46. The number of fused-ring (bicyclic) bond motifs is 1. The molecule has 170 valence electrons. The first-order valence-corrected chi connectivity index (χ1v) is 12.1. The number of hydroxylamine groups is 1. The number of nitrogens with one attached hydrogen (secondary N) is 1. The van der Waals surface area contributed by atoms with Gasteiger partial charge in [0, 0.05) is 11.1 Å². The summed E-state index contributed by atoms with van der Waals surface area (Å²) in [5.74, 6) is 3.51. The molecule has 4 aliphatic rings. The average Bonchev–Trinajstić information content (AvgIpc) is 2.82. The van der Waals surface area contributed by atoms with Gasteiger partial charge in [-0.15, -0.1) is 0 Å². The van der Waals surface area contributed by atoms with E-state index in [1.54, 1.807) is 0 Å². The number of ether oxygens (including phenoxy) is 1. The molecule has 0 aliphatic heterocycles. The first-order valence-electron chi connectivity index (χ1n) is 12.1. The monoisotopic (exact) mass is 441 g/mol. The summed E-state index contributed by atoms with van der Waals surface area (Å²) in [6, 6.07) is 19.0. The summed E-state index contributed by atoms with van der Waals surface area (Å²) in [4.78, 5) is 16.8. The molecule has 0 heterocycles. The van der Waals surface area contributed by atoms with Crippen LogP contribution in [0.25, 0.3) is 21.9 Å². The standard InChI is InChI=1S/C29H31NO3/c1-32-27-8-7-24(14-26(27)29-15-18-9-19(16-29)11-20(10-18)17-29)22-3-4-23-13-25(28(31)30-33-2)6-5-21(23)12-22/h3-8,12-14,18-20H,9-11,15-17H2,1-2H3,(H,30,31). The van der Waals surface area contributed by atoms with Crippen LogP contribution in [0.15, 0.2) is 54.6 Å². The Labute approximate surface area is 195 Å². The summed E-state index contributed by atoms with van der Waals surface area (Å²) in [6.07, 6.45) is 8.29. The van der Waals surface area contributed by atoms with Gasteiger partial charge in [0.25, 0.3) is 5.91 Å². The summed E-state index contributed by atoms with van der Waals surface area (Å²) in [5.41, 5.74) is 7.12. The van der Waals surface area contributed by atoms with Crippen LogP contribution in [-0.2, 0) is 10.3 Å². The normalized spacial score (nSPS) is 27.6. The lowest BCUT2D eigenvalue weighted by atomic mass is 9.48. The number of hydrogen-bond donors (Lipinski definition) is 1. The van der Waals surface area contributed by atoms with Gasteiger partial charge in [0.05, 0.1) is 14.2 Å². The number of methoxy groups -OCH3 is 1. The van der Waals surface area contributed by atoms with Gasteiger partial charge in [-0.3, -0.25) is 9.63 Å². The topological polar surface area (TPSA) is 47.6 Å². The van der Waals surface area contributed by atoms with Crippen molar-refractivity contribution in [1.82, 2.24) is 5.48 Å². The Morgan fingerprint density at radius 3 is 2.09 bits per heavy atom. The second-order valence-electron chi connectivity index (χ2n) is 10.5. The summed E-state index contributed by atoms with van der Waals surface area (Å²) in [5, 5.41) is 2.16. The first kappa shape index (κ1) is 20.7. The molecular formula is C29H31NO3. The van der Waals surface area contributed by atoms with E-state index in [2.05, 4.69) is 41.9 Å². The third-order valence-electron chi connectivity index (χ3n) is 8.44. The fourth-order valence-corrected chi connectivity index (χ4v) is 7.46. The molecule has 4 saturated carbocycles. The number of rotatable bonds is 5. The van der Waals surface area contributed by atoms with E-state index in [9.17, 15) is 4.79 Å². The molecule has 1 N–H and O–H groups in total. The SMILES string of the molecule is CONC(=O)c1ccc2cc(-c3ccc(OC)c(C45CC6CC(CC(C6)C4)C5)c3)ccc2c1. The van der Waals surface area contributed by atoms with Gasteiger partial charge in [-0.05, 0) is 114 Å². The van der Waals surface area contributed by atoms with Crippen LogP contribution in [0.2, 0.25) is 0 Å². The number of carbonyl (C=O) groups excluding carboxylic acids is 1. The van der Waals surface area contributed by atoms with Gasteiger partial charge in [-0.1, -0.05) is 24.3 Å². The van der Waals surface area contributed by atoms with Gasteiger partial charge >= 0.3 is 0 Å². The summed E-state index contributed by atoms with van der Waals surface area (Å²) < 4.78 is 5.90. The maximum absolute atomic E-state index is 12.1. The van der Waals surface area contributed by atoms with Crippen LogP contribution in [0.1, 0.15) is 54.4 Å². The van der Waals surface area contributed by atoms with Gasteiger partial charge < -0.3 is 4.74 Å². The van der Waals surface area contributed by atoms with E-state index in [0.29, 0.717) is 5.56 Å². The molecule has 3 aromatic rings. The van der Waals surface area contributed by atoms with Crippen molar-refractivity contribution in [2.45, 2.75) is 43.9 Å². The minimum atomic E-state index is -0.237. The highest BCUT2D eigenvalue weighted by atomic mass is 16.6. The van der Waals surface area contributed by atoms with Crippen LogP contribution in [0.5, 0.6) is 5.75 Å². The highest BCUT2D eigenvalue weighted by Crippen LogP contribution is 2.62. The Kier molecular flexibility index (Phi) is 4.95. The van der Waals surface area contributed by atoms with Gasteiger partial charge in [-0.2, -0.15) is 0 Å². The molecule has 4 aliphatic carbocycles. The molecule has 4 nitrogen and oxygen atoms in total. The Morgan fingerprint density at radius 2 is 1.42 bits per heavy atom. The molecule has 4 bridgehead atoms. The van der Waals surface area contributed by atoms with Gasteiger partial charge in [-0.25, -0.2) is 5.48 Å². The van der Waals surface area contributed by atoms with Crippen LogP contribution in [-0.4, -0.2) is 20.1 Å². The van der Waals surface area contributed by atoms with E-state index in [1.807, 2.05) is 25.3 Å². The largest absolute Gasteiger partial charge is 0.496 e. The molecule has 0 aromatic heterocycles. The molecule has 3 aromatic carbocycles. The van der Waals surface area contributed by atoms with Gasteiger partial charge in [0.15, 0.2) is 0 Å². The van der Waals surface area contributed by atoms with E-state index < -0.39 is 0 Å². The first-order chi connectivity index (χ1) is 16.1. The minimum Gasteiger partial charge on any atom is -0.496 e. The second-order valence-corrected chi connectivity index (χ2v) is 10.5. The smallest absolute Gasteiger partial charge is 0.274 e. The van der Waals surface area contributed by atoms with Crippen LogP contribution in [0, 0.1) is 17.8 Å². The molecule has 0 atom stereocenters. The van der Waals surface area contributed by atoms with Crippen molar-refractivity contribution in [3.63, 3.8) is 0 Å². The maximum atomic E-state index is 12.1. The third-order valence-corrected chi connectivity index (χ3v) is 8.44. The maximum Gasteiger partial charge on any atom is 0.274 e. The Morgan fingerprint density at radius 1 is 0.818 bits per heavy atom. The van der Waals surface area contributed by atoms with Crippen LogP contribution < -0.4 is 10.2 Å². The van der Waals surface area contributed by atoms with Crippen LogP contribution in [0.4, 0.5) is 0 Å². The number of carbonyl (C=O) groups is 1. The zero-order valence-corrected chi connectivity index (χ0v) is 19.4. The van der Waals surface area contributed by atoms with Crippen LogP contribution in [0.3, 0.4) is 0 Å². The molecule has 0 saturated heterocycles. The summed E-state index contributed by atoms with van der Waals surface area (Å²) >= 11 is 0. The lowest BCUT2D eigenvalue weighted by Gasteiger charge is -2.57. The van der Waals surface area contributed by atoms with Gasteiger partial charge in [0.1, 0.15) is 5.75 Å². The van der Waals surface area contributed by atoms with E-state index in [1.165, 1.54) is 62.3 Å². The molecule has 4 heteroatoms. The average molecular weight is 442 g/mol. The van der Waals surface area contributed by atoms with E-state index in [4.69, 9.17) is 9.57 Å². The summed E-state index contributed by atoms with van der Waals surface area (Å²) in [7, 11) is 3.25. The van der Waals surface area contributed by atoms with Crippen molar-refractivity contribution in [2.75, 3.05) is 14.2 Å². The Bertz CT molecular complexity index is 1200. The van der Waals surface area contributed by atoms with Crippen molar-refractivity contribution in [3.05, 3.63) is 65.7 Å². The molecular weight excluding hydrogens is 410 g/mol.